The lowest BCUT2D eigenvalue weighted by molar-refractivity contribution is 0.349. The fourth-order valence-corrected chi connectivity index (χ4v) is 2.20. The molecule has 2 rings (SSSR count). The molecule has 1 unspecified atom stereocenters. The first kappa shape index (κ1) is 15.4. The maximum Gasteiger partial charge on any atom is 0.163 e. The topological polar surface area (TPSA) is 43.6 Å². The predicted octanol–water partition coefficient (Wildman–Crippen LogP) is 3.52. The molecule has 1 atom stereocenters. The van der Waals surface area contributed by atoms with Crippen LogP contribution in [-0.4, -0.2) is 20.8 Å². The molecule has 1 aromatic heterocycles. The molecule has 1 aromatic carbocycles. The molecule has 0 bridgehead atoms. The van der Waals surface area contributed by atoms with Gasteiger partial charge >= 0.3 is 0 Å². The van der Waals surface area contributed by atoms with Gasteiger partial charge in [-0.1, -0.05) is 6.92 Å². The summed E-state index contributed by atoms with van der Waals surface area (Å²) in [4.78, 5) is 0. The Kier molecular flexibility index (Phi) is 5.22. The van der Waals surface area contributed by atoms with Crippen molar-refractivity contribution in [2.45, 2.75) is 19.4 Å². The Bertz CT molecular complexity index is 569. The molecule has 1 N–H and O–H groups in total. The number of hydrogen-bond donors (Lipinski definition) is 1. The number of halogens is 1. The van der Waals surface area contributed by atoms with Gasteiger partial charge in [0, 0.05) is 11.6 Å². The van der Waals surface area contributed by atoms with E-state index in [1.54, 1.807) is 18.4 Å². The van der Waals surface area contributed by atoms with E-state index >= 15 is 0 Å². The molecular weight excluding hydrogens is 273 g/mol. The Labute approximate surface area is 123 Å². The first-order valence-corrected chi connectivity index (χ1v) is 6.89. The number of furan rings is 1. The Morgan fingerprint density at radius 2 is 1.95 bits per heavy atom. The summed E-state index contributed by atoms with van der Waals surface area (Å²) in [6.45, 7) is 2.80. The van der Waals surface area contributed by atoms with Crippen molar-refractivity contribution >= 4 is 0 Å². The van der Waals surface area contributed by atoms with E-state index in [2.05, 4.69) is 12.2 Å². The molecule has 0 saturated carbocycles. The molecule has 2 aromatic rings. The molecule has 21 heavy (non-hydrogen) atoms. The first-order chi connectivity index (χ1) is 10.2. The standard InChI is InChI=1S/C16H20FNO3/c1-4-7-18-16(13-6-5-8-21-13)11-9-14(19-2)15(20-3)10-12(11)17/h5-6,8-10,16,18H,4,7H2,1-3H3. The summed E-state index contributed by atoms with van der Waals surface area (Å²) in [5.41, 5.74) is 0.469. The van der Waals surface area contributed by atoms with Crippen molar-refractivity contribution in [2.75, 3.05) is 20.8 Å². The Hall–Kier alpha value is -2.01. The molecule has 114 valence electrons. The zero-order valence-corrected chi connectivity index (χ0v) is 12.5. The zero-order chi connectivity index (χ0) is 15.2. The van der Waals surface area contributed by atoms with Crippen LogP contribution in [0.15, 0.2) is 34.9 Å². The molecule has 0 amide bonds. The van der Waals surface area contributed by atoms with E-state index in [1.807, 2.05) is 6.07 Å². The van der Waals surface area contributed by atoms with Gasteiger partial charge in [0.1, 0.15) is 11.6 Å². The van der Waals surface area contributed by atoms with Crippen LogP contribution in [0.3, 0.4) is 0 Å². The van der Waals surface area contributed by atoms with E-state index in [0.29, 0.717) is 22.8 Å². The highest BCUT2D eigenvalue weighted by Crippen LogP contribution is 2.34. The van der Waals surface area contributed by atoms with E-state index in [-0.39, 0.29) is 11.9 Å². The highest BCUT2D eigenvalue weighted by Gasteiger charge is 2.22. The molecule has 0 fully saturated rings. The van der Waals surface area contributed by atoms with Crippen LogP contribution in [0.1, 0.15) is 30.7 Å². The zero-order valence-electron chi connectivity index (χ0n) is 12.5. The third-order valence-corrected chi connectivity index (χ3v) is 3.24. The molecular formula is C16H20FNO3. The van der Waals surface area contributed by atoms with Gasteiger partial charge in [-0.3, -0.25) is 0 Å². The van der Waals surface area contributed by atoms with Crippen LogP contribution in [0, 0.1) is 5.82 Å². The van der Waals surface area contributed by atoms with Crippen molar-refractivity contribution in [3.05, 3.63) is 47.7 Å². The van der Waals surface area contributed by atoms with Gasteiger partial charge in [-0.2, -0.15) is 0 Å². The maximum atomic E-state index is 14.4. The van der Waals surface area contributed by atoms with Crippen molar-refractivity contribution in [2.24, 2.45) is 0 Å². The third-order valence-electron chi connectivity index (χ3n) is 3.24. The number of ether oxygens (including phenoxy) is 2. The predicted molar refractivity (Wildman–Crippen MR) is 78.3 cm³/mol. The lowest BCUT2D eigenvalue weighted by atomic mass is 10.0. The Morgan fingerprint density at radius 1 is 1.24 bits per heavy atom. The Balaban J connectivity index is 2.44. The van der Waals surface area contributed by atoms with Crippen molar-refractivity contribution in [3.8, 4) is 11.5 Å². The molecule has 0 radical (unpaired) electrons. The van der Waals surface area contributed by atoms with Gasteiger partial charge in [-0.05, 0) is 31.2 Å². The molecule has 0 aliphatic heterocycles. The maximum absolute atomic E-state index is 14.4. The molecule has 0 aliphatic rings. The van der Waals surface area contributed by atoms with Crippen LogP contribution in [-0.2, 0) is 0 Å². The van der Waals surface area contributed by atoms with E-state index in [4.69, 9.17) is 13.9 Å². The smallest absolute Gasteiger partial charge is 0.163 e. The summed E-state index contributed by atoms with van der Waals surface area (Å²) in [5.74, 6) is 1.16. The number of hydrogen-bond acceptors (Lipinski definition) is 4. The highest BCUT2D eigenvalue weighted by atomic mass is 19.1. The van der Waals surface area contributed by atoms with Crippen LogP contribution in [0.2, 0.25) is 0 Å². The minimum Gasteiger partial charge on any atom is -0.493 e. The number of methoxy groups -OCH3 is 2. The van der Waals surface area contributed by atoms with E-state index in [1.165, 1.54) is 20.3 Å². The van der Waals surface area contributed by atoms with Gasteiger partial charge in [0.25, 0.3) is 0 Å². The summed E-state index contributed by atoms with van der Waals surface area (Å²) < 4.78 is 30.2. The van der Waals surface area contributed by atoms with Gasteiger partial charge < -0.3 is 19.2 Å². The van der Waals surface area contributed by atoms with Crippen LogP contribution < -0.4 is 14.8 Å². The monoisotopic (exact) mass is 293 g/mol. The van der Waals surface area contributed by atoms with Crippen molar-refractivity contribution in [1.82, 2.24) is 5.32 Å². The van der Waals surface area contributed by atoms with Crippen molar-refractivity contribution < 1.29 is 18.3 Å². The van der Waals surface area contributed by atoms with E-state index < -0.39 is 0 Å². The average molecular weight is 293 g/mol. The number of rotatable bonds is 7. The summed E-state index contributed by atoms with van der Waals surface area (Å²) in [7, 11) is 3.01. The van der Waals surface area contributed by atoms with Gasteiger partial charge in [0.15, 0.2) is 11.5 Å². The summed E-state index contributed by atoms with van der Waals surface area (Å²) >= 11 is 0. The minimum atomic E-state index is -0.363. The molecule has 0 spiro atoms. The van der Waals surface area contributed by atoms with E-state index in [0.717, 1.165) is 13.0 Å². The second-order valence-corrected chi connectivity index (χ2v) is 4.63. The first-order valence-electron chi connectivity index (χ1n) is 6.89. The lowest BCUT2D eigenvalue weighted by Crippen LogP contribution is -2.23. The third kappa shape index (κ3) is 3.36. The molecule has 0 aliphatic carbocycles. The SMILES string of the molecule is CCCNC(c1ccco1)c1cc(OC)c(OC)cc1F. The molecule has 1 heterocycles. The van der Waals surface area contributed by atoms with Crippen LogP contribution in [0.5, 0.6) is 11.5 Å². The van der Waals surface area contributed by atoms with Gasteiger partial charge in [-0.15, -0.1) is 0 Å². The van der Waals surface area contributed by atoms with Gasteiger partial charge in [0.2, 0.25) is 0 Å². The summed E-state index contributed by atoms with van der Waals surface area (Å²) in [6, 6.07) is 6.22. The Morgan fingerprint density at radius 3 is 2.52 bits per heavy atom. The molecule has 5 heteroatoms. The average Bonchev–Trinajstić information content (AvgIpc) is 3.02. The van der Waals surface area contributed by atoms with E-state index in [9.17, 15) is 4.39 Å². The van der Waals surface area contributed by atoms with Crippen LogP contribution >= 0.6 is 0 Å². The molecule has 0 saturated heterocycles. The van der Waals surface area contributed by atoms with Gasteiger partial charge in [-0.25, -0.2) is 4.39 Å². The fourth-order valence-electron chi connectivity index (χ4n) is 2.20. The summed E-state index contributed by atoms with van der Waals surface area (Å²) in [6.07, 6.45) is 2.51. The lowest BCUT2D eigenvalue weighted by Gasteiger charge is -2.19. The fraction of sp³-hybridized carbons (Fsp3) is 0.375. The number of benzene rings is 1. The van der Waals surface area contributed by atoms with Crippen LogP contribution in [0.25, 0.3) is 0 Å². The quantitative estimate of drug-likeness (QED) is 0.848. The number of nitrogens with one attached hydrogen (secondary N) is 1. The minimum absolute atomic E-state index is 0.361. The molecule has 4 nitrogen and oxygen atoms in total. The van der Waals surface area contributed by atoms with Crippen LogP contribution in [0.4, 0.5) is 4.39 Å². The largest absolute Gasteiger partial charge is 0.493 e. The second-order valence-electron chi connectivity index (χ2n) is 4.63. The van der Waals surface area contributed by atoms with Crippen molar-refractivity contribution in [1.29, 1.82) is 0 Å². The normalized spacial score (nSPS) is 12.2. The van der Waals surface area contributed by atoms with Crippen molar-refractivity contribution in [3.63, 3.8) is 0 Å². The highest BCUT2D eigenvalue weighted by molar-refractivity contribution is 5.46. The van der Waals surface area contributed by atoms with Gasteiger partial charge in [0.05, 0.1) is 26.5 Å². The summed E-state index contributed by atoms with van der Waals surface area (Å²) in [5, 5.41) is 3.29. The second kappa shape index (κ2) is 7.13.